The lowest BCUT2D eigenvalue weighted by molar-refractivity contribution is 0.0952. The highest BCUT2D eigenvalue weighted by Crippen LogP contribution is 2.18. The SMILES string of the molecule is O=C(NCCCCN1CCc2ccccc2C1)c1ccncc1. The van der Waals surface area contributed by atoms with Crippen LogP contribution >= 0.6 is 0 Å². The minimum atomic E-state index is -0.0145. The molecule has 3 rings (SSSR count). The van der Waals surface area contributed by atoms with E-state index >= 15 is 0 Å². The molecule has 1 aliphatic heterocycles. The van der Waals surface area contributed by atoms with E-state index in [1.54, 1.807) is 24.5 Å². The molecule has 1 N–H and O–H groups in total. The van der Waals surface area contributed by atoms with Crippen LogP contribution in [-0.2, 0) is 13.0 Å². The van der Waals surface area contributed by atoms with Gasteiger partial charge in [0, 0.05) is 37.6 Å². The molecule has 0 radical (unpaired) electrons. The van der Waals surface area contributed by atoms with Crippen molar-refractivity contribution < 1.29 is 4.79 Å². The fourth-order valence-electron chi connectivity index (χ4n) is 3.01. The molecule has 0 saturated heterocycles. The largest absolute Gasteiger partial charge is 0.352 e. The van der Waals surface area contributed by atoms with E-state index in [1.165, 1.54) is 11.1 Å². The predicted octanol–water partition coefficient (Wildman–Crippen LogP) is 2.65. The van der Waals surface area contributed by atoms with Crippen LogP contribution in [0, 0.1) is 0 Å². The molecule has 0 bridgehead atoms. The van der Waals surface area contributed by atoms with Crippen molar-refractivity contribution in [2.24, 2.45) is 0 Å². The van der Waals surface area contributed by atoms with Crippen LogP contribution in [0.25, 0.3) is 0 Å². The Kier molecular flexibility index (Phi) is 5.37. The fourth-order valence-corrected chi connectivity index (χ4v) is 3.01. The van der Waals surface area contributed by atoms with Gasteiger partial charge in [-0.3, -0.25) is 14.7 Å². The van der Waals surface area contributed by atoms with Crippen LogP contribution in [0.3, 0.4) is 0 Å². The van der Waals surface area contributed by atoms with Gasteiger partial charge in [-0.1, -0.05) is 24.3 Å². The first-order chi connectivity index (χ1) is 11.3. The van der Waals surface area contributed by atoms with Gasteiger partial charge in [0.1, 0.15) is 0 Å². The van der Waals surface area contributed by atoms with Crippen molar-refractivity contribution in [3.63, 3.8) is 0 Å². The van der Waals surface area contributed by atoms with Crippen LogP contribution in [0.4, 0.5) is 0 Å². The second kappa shape index (κ2) is 7.88. The van der Waals surface area contributed by atoms with E-state index in [2.05, 4.69) is 39.5 Å². The molecule has 0 atom stereocenters. The lowest BCUT2D eigenvalue weighted by atomic mass is 10.00. The number of unbranched alkanes of at least 4 members (excludes halogenated alkanes) is 1. The summed E-state index contributed by atoms with van der Waals surface area (Å²) >= 11 is 0. The Hall–Kier alpha value is -2.20. The maximum Gasteiger partial charge on any atom is 0.251 e. The summed E-state index contributed by atoms with van der Waals surface area (Å²) < 4.78 is 0. The molecule has 0 unspecified atom stereocenters. The smallest absolute Gasteiger partial charge is 0.251 e. The van der Waals surface area contributed by atoms with E-state index in [9.17, 15) is 4.79 Å². The topological polar surface area (TPSA) is 45.2 Å². The van der Waals surface area contributed by atoms with E-state index in [1.807, 2.05) is 0 Å². The zero-order valence-electron chi connectivity index (χ0n) is 13.4. The number of carbonyl (C=O) groups is 1. The molecule has 1 aromatic carbocycles. The van der Waals surface area contributed by atoms with Crippen LogP contribution < -0.4 is 5.32 Å². The van der Waals surface area contributed by atoms with Crippen molar-refractivity contribution >= 4 is 5.91 Å². The number of amides is 1. The fraction of sp³-hybridized carbons (Fsp3) is 0.368. The van der Waals surface area contributed by atoms with E-state index in [-0.39, 0.29) is 5.91 Å². The second-order valence-corrected chi connectivity index (χ2v) is 5.99. The minimum absolute atomic E-state index is 0.0145. The number of pyridine rings is 1. The Balaban J connectivity index is 1.34. The first-order valence-corrected chi connectivity index (χ1v) is 8.30. The Morgan fingerprint density at radius 2 is 1.87 bits per heavy atom. The van der Waals surface area contributed by atoms with Gasteiger partial charge in [-0.15, -0.1) is 0 Å². The van der Waals surface area contributed by atoms with Gasteiger partial charge in [0.05, 0.1) is 0 Å². The van der Waals surface area contributed by atoms with Crippen molar-refractivity contribution in [1.82, 2.24) is 15.2 Å². The number of hydrogen-bond donors (Lipinski definition) is 1. The van der Waals surface area contributed by atoms with Crippen LogP contribution in [0.15, 0.2) is 48.8 Å². The summed E-state index contributed by atoms with van der Waals surface area (Å²) in [6, 6.07) is 12.2. The average molecular weight is 309 g/mol. The second-order valence-electron chi connectivity index (χ2n) is 5.99. The van der Waals surface area contributed by atoms with Gasteiger partial charge in [-0.2, -0.15) is 0 Å². The third-order valence-corrected chi connectivity index (χ3v) is 4.34. The first-order valence-electron chi connectivity index (χ1n) is 8.30. The molecular formula is C19H23N3O. The normalized spacial score (nSPS) is 14.3. The maximum absolute atomic E-state index is 11.9. The molecule has 0 saturated carbocycles. The standard InChI is InChI=1S/C19H23N3O/c23-19(17-7-11-20-12-8-17)21-10-3-4-13-22-14-9-16-5-1-2-6-18(16)15-22/h1-2,5-8,11-12H,3-4,9-10,13-15H2,(H,21,23). The predicted molar refractivity (Wildman–Crippen MR) is 91.2 cm³/mol. The summed E-state index contributed by atoms with van der Waals surface area (Å²) in [6.45, 7) is 4.02. The van der Waals surface area contributed by atoms with E-state index in [0.29, 0.717) is 5.56 Å². The minimum Gasteiger partial charge on any atom is -0.352 e. The zero-order valence-corrected chi connectivity index (χ0v) is 13.4. The zero-order chi connectivity index (χ0) is 15.9. The highest BCUT2D eigenvalue weighted by atomic mass is 16.1. The molecule has 0 aliphatic carbocycles. The van der Waals surface area contributed by atoms with Crippen LogP contribution in [-0.4, -0.2) is 35.4 Å². The van der Waals surface area contributed by atoms with Gasteiger partial charge in [0.2, 0.25) is 0 Å². The maximum atomic E-state index is 11.9. The Bertz CT molecular complexity index is 642. The van der Waals surface area contributed by atoms with Crippen LogP contribution in [0.2, 0.25) is 0 Å². The number of rotatable bonds is 6. The molecule has 4 nitrogen and oxygen atoms in total. The van der Waals surface area contributed by atoms with Crippen molar-refractivity contribution in [3.8, 4) is 0 Å². The molecule has 2 aromatic rings. The average Bonchev–Trinajstić information content (AvgIpc) is 2.62. The number of aromatic nitrogens is 1. The van der Waals surface area contributed by atoms with Gasteiger partial charge in [0.15, 0.2) is 0 Å². The first kappa shape index (κ1) is 15.7. The van der Waals surface area contributed by atoms with Crippen molar-refractivity contribution in [1.29, 1.82) is 0 Å². The molecule has 23 heavy (non-hydrogen) atoms. The highest BCUT2D eigenvalue weighted by molar-refractivity contribution is 5.93. The molecule has 1 amide bonds. The Morgan fingerprint density at radius 1 is 1.09 bits per heavy atom. The quantitative estimate of drug-likeness (QED) is 0.834. The molecule has 2 heterocycles. The number of hydrogen-bond acceptors (Lipinski definition) is 3. The molecule has 0 spiro atoms. The van der Waals surface area contributed by atoms with Crippen molar-refractivity contribution in [2.45, 2.75) is 25.8 Å². The summed E-state index contributed by atoms with van der Waals surface area (Å²) in [6.07, 6.45) is 6.55. The lowest BCUT2D eigenvalue weighted by Crippen LogP contribution is -2.32. The number of fused-ring (bicyclic) bond motifs is 1. The summed E-state index contributed by atoms with van der Waals surface area (Å²) in [7, 11) is 0. The van der Waals surface area contributed by atoms with Crippen molar-refractivity contribution in [2.75, 3.05) is 19.6 Å². The molecule has 120 valence electrons. The molecule has 0 fully saturated rings. The summed E-state index contributed by atoms with van der Waals surface area (Å²) in [5, 5.41) is 2.97. The van der Waals surface area contributed by atoms with Gasteiger partial charge < -0.3 is 5.32 Å². The number of carbonyl (C=O) groups excluding carboxylic acids is 1. The van der Waals surface area contributed by atoms with Gasteiger partial charge in [-0.25, -0.2) is 0 Å². The molecule has 4 heteroatoms. The summed E-state index contributed by atoms with van der Waals surface area (Å²) in [4.78, 5) is 18.3. The number of benzene rings is 1. The Morgan fingerprint density at radius 3 is 2.70 bits per heavy atom. The molecule has 1 aliphatic rings. The highest BCUT2D eigenvalue weighted by Gasteiger charge is 2.14. The monoisotopic (exact) mass is 309 g/mol. The van der Waals surface area contributed by atoms with Gasteiger partial charge in [0.25, 0.3) is 5.91 Å². The van der Waals surface area contributed by atoms with Crippen LogP contribution in [0.5, 0.6) is 0 Å². The summed E-state index contributed by atoms with van der Waals surface area (Å²) in [5.74, 6) is -0.0145. The van der Waals surface area contributed by atoms with Crippen LogP contribution in [0.1, 0.15) is 34.3 Å². The third-order valence-electron chi connectivity index (χ3n) is 4.34. The number of nitrogens with zero attached hydrogens (tertiary/aromatic N) is 2. The van der Waals surface area contributed by atoms with E-state index in [4.69, 9.17) is 0 Å². The molecule has 1 aromatic heterocycles. The molecular weight excluding hydrogens is 286 g/mol. The van der Waals surface area contributed by atoms with Gasteiger partial charge >= 0.3 is 0 Å². The summed E-state index contributed by atoms with van der Waals surface area (Å²) in [5.41, 5.74) is 3.63. The van der Waals surface area contributed by atoms with Gasteiger partial charge in [-0.05, 0) is 49.1 Å². The third kappa shape index (κ3) is 4.39. The van der Waals surface area contributed by atoms with E-state index < -0.39 is 0 Å². The van der Waals surface area contributed by atoms with Crippen molar-refractivity contribution in [3.05, 3.63) is 65.5 Å². The lowest BCUT2D eigenvalue weighted by Gasteiger charge is -2.28. The van der Waals surface area contributed by atoms with E-state index in [0.717, 1.165) is 45.4 Å². The Labute approximate surface area is 137 Å². The number of nitrogens with one attached hydrogen (secondary N) is 1.